The normalized spacial score (nSPS) is 12.4. The average Bonchev–Trinajstić information content (AvgIpc) is 2.86. The van der Waals surface area contributed by atoms with Crippen LogP contribution in [0.25, 0.3) is 22.2 Å². The maximum Gasteiger partial charge on any atom is 0.339 e. The molecule has 1 N–H and O–H groups in total. The van der Waals surface area contributed by atoms with E-state index in [0.717, 1.165) is 5.56 Å². The molecule has 0 saturated heterocycles. The topological polar surface area (TPSA) is 94.6 Å². The zero-order valence-corrected chi connectivity index (χ0v) is 17.4. The summed E-state index contributed by atoms with van der Waals surface area (Å²) in [6.07, 6.45) is 0. The average molecular weight is 438 g/mol. The van der Waals surface area contributed by atoms with Gasteiger partial charge in [0.1, 0.15) is 5.75 Å². The molecule has 33 heavy (non-hydrogen) atoms. The second-order valence-electron chi connectivity index (χ2n) is 7.49. The van der Waals surface area contributed by atoms with Crippen molar-refractivity contribution in [3.8, 4) is 17.0 Å². The van der Waals surface area contributed by atoms with Gasteiger partial charge in [-0.05, 0) is 30.3 Å². The summed E-state index contributed by atoms with van der Waals surface area (Å²) in [7, 11) is 0. The molecule has 5 rings (SSSR count). The van der Waals surface area contributed by atoms with Gasteiger partial charge in [0.2, 0.25) is 0 Å². The van der Waals surface area contributed by atoms with Gasteiger partial charge in [0.05, 0.1) is 22.5 Å². The van der Waals surface area contributed by atoms with E-state index in [0.29, 0.717) is 39.2 Å². The lowest BCUT2D eigenvalue weighted by Crippen LogP contribution is -2.25. The van der Waals surface area contributed by atoms with Crippen LogP contribution in [-0.4, -0.2) is 35.9 Å². The van der Waals surface area contributed by atoms with Crippen molar-refractivity contribution in [1.29, 1.82) is 0 Å². The predicted molar refractivity (Wildman–Crippen MR) is 122 cm³/mol. The van der Waals surface area contributed by atoms with Gasteiger partial charge in [0, 0.05) is 16.5 Å². The van der Waals surface area contributed by atoms with Crippen LogP contribution in [0.3, 0.4) is 0 Å². The standard InChI is InChI=1S/C26H18N2O5/c29-23(17-10-11-24-22(12-17)28-25(30)15-32-24)14-33-26(31)19-13-21(16-6-2-1-3-7-16)27-20-9-5-4-8-18(19)20/h1-13H,14-15H2,(H,28,30). The number of esters is 1. The Morgan fingerprint density at radius 1 is 0.970 bits per heavy atom. The summed E-state index contributed by atoms with van der Waals surface area (Å²) in [4.78, 5) is 41.8. The van der Waals surface area contributed by atoms with E-state index in [2.05, 4.69) is 10.3 Å². The molecule has 1 aliphatic heterocycles. The number of hydrogen-bond acceptors (Lipinski definition) is 6. The summed E-state index contributed by atoms with van der Waals surface area (Å²) in [5.74, 6) is -0.821. The van der Waals surface area contributed by atoms with E-state index in [-0.39, 0.29) is 12.5 Å². The van der Waals surface area contributed by atoms with Gasteiger partial charge in [-0.25, -0.2) is 9.78 Å². The van der Waals surface area contributed by atoms with Gasteiger partial charge in [0.15, 0.2) is 19.0 Å². The number of anilines is 1. The van der Waals surface area contributed by atoms with E-state index >= 15 is 0 Å². The monoisotopic (exact) mass is 438 g/mol. The Hall–Kier alpha value is -4.52. The first kappa shape index (κ1) is 20.4. The molecule has 7 heteroatoms. The maximum atomic E-state index is 13.0. The number of carbonyl (C=O) groups is 3. The number of pyridine rings is 1. The van der Waals surface area contributed by atoms with Crippen molar-refractivity contribution in [3.63, 3.8) is 0 Å². The molecule has 162 valence electrons. The SMILES string of the molecule is O=C1COc2ccc(C(=O)COC(=O)c3cc(-c4ccccc4)nc4ccccc34)cc2N1. The lowest BCUT2D eigenvalue weighted by Gasteiger charge is -2.18. The third kappa shape index (κ3) is 4.16. The van der Waals surface area contributed by atoms with Gasteiger partial charge in [-0.15, -0.1) is 0 Å². The molecule has 1 aliphatic rings. The van der Waals surface area contributed by atoms with Crippen molar-refractivity contribution in [3.05, 3.63) is 90.0 Å². The number of amides is 1. The first-order valence-corrected chi connectivity index (χ1v) is 10.3. The summed E-state index contributed by atoms with van der Waals surface area (Å²) in [6, 6.07) is 23.2. The molecule has 0 bridgehead atoms. The maximum absolute atomic E-state index is 13.0. The van der Waals surface area contributed by atoms with Crippen LogP contribution in [0.15, 0.2) is 78.9 Å². The molecule has 7 nitrogen and oxygen atoms in total. The minimum absolute atomic E-state index is 0.0667. The fraction of sp³-hybridized carbons (Fsp3) is 0.0769. The van der Waals surface area contributed by atoms with E-state index in [9.17, 15) is 14.4 Å². The zero-order valence-electron chi connectivity index (χ0n) is 17.4. The van der Waals surface area contributed by atoms with Crippen LogP contribution in [0.5, 0.6) is 5.75 Å². The zero-order chi connectivity index (χ0) is 22.8. The highest BCUT2D eigenvalue weighted by molar-refractivity contribution is 6.06. The smallest absolute Gasteiger partial charge is 0.339 e. The van der Waals surface area contributed by atoms with E-state index in [1.807, 2.05) is 48.5 Å². The van der Waals surface area contributed by atoms with Gasteiger partial charge in [-0.2, -0.15) is 0 Å². The Labute approximate surface area is 189 Å². The summed E-state index contributed by atoms with van der Waals surface area (Å²) in [6.45, 7) is -0.507. The highest BCUT2D eigenvalue weighted by Gasteiger charge is 2.20. The molecule has 0 atom stereocenters. The van der Waals surface area contributed by atoms with Crippen molar-refractivity contribution >= 4 is 34.3 Å². The van der Waals surface area contributed by atoms with E-state index in [1.54, 1.807) is 24.3 Å². The largest absolute Gasteiger partial charge is 0.482 e. The molecular formula is C26H18N2O5. The Balaban J connectivity index is 1.39. The van der Waals surface area contributed by atoms with Crippen LogP contribution in [0.2, 0.25) is 0 Å². The van der Waals surface area contributed by atoms with Gasteiger partial charge in [0.25, 0.3) is 5.91 Å². The Morgan fingerprint density at radius 2 is 1.76 bits per heavy atom. The summed E-state index contributed by atoms with van der Waals surface area (Å²) < 4.78 is 10.7. The molecule has 4 aromatic rings. The Bertz CT molecular complexity index is 1400. The molecule has 0 unspecified atom stereocenters. The molecule has 3 aromatic carbocycles. The quantitative estimate of drug-likeness (QED) is 0.369. The second-order valence-corrected chi connectivity index (χ2v) is 7.49. The van der Waals surface area contributed by atoms with Gasteiger partial charge in [-0.3, -0.25) is 9.59 Å². The summed E-state index contributed by atoms with van der Waals surface area (Å²) in [5, 5.41) is 3.30. The van der Waals surface area contributed by atoms with Crippen molar-refractivity contribution in [1.82, 2.24) is 4.98 Å². The molecule has 0 spiro atoms. The van der Waals surface area contributed by atoms with Crippen molar-refractivity contribution < 1.29 is 23.9 Å². The van der Waals surface area contributed by atoms with Gasteiger partial charge >= 0.3 is 5.97 Å². The predicted octanol–water partition coefficient (Wildman–Crippen LogP) is 4.27. The minimum atomic E-state index is -0.617. The van der Waals surface area contributed by atoms with Crippen LogP contribution in [0, 0.1) is 0 Å². The highest BCUT2D eigenvalue weighted by Crippen LogP contribution is 2.29. The third-order valence-corrected chi connectivity index (χ3v) is 5.27. The molecule has 0 aliphatic carbocycles. The number of ketones is 1. The summed E-state index contributed by atoms with van der Waals surface area (Å²) in [5.41, 5.74) is 3.21. The molecular weight excluding hydrogens is 420 g/mol. The van der Waals surface area contributed by atoms with Crippen molar-refractivity contribution in [2.75, 3.05) is 18.5 Å². The Kier molecular flexibility index (Phi) is 5.28. The minimum Gasteiger partial charge on any atom is -0.482 e. The molecule has 2 heterocycles. The van der Waals surface area contributed by atoms with Crippen molar-refractivity contribution in [2.45, 2.75) is 0 Å². The van der Waals surface area contributed by atoms with Gasteiger partial charge < -0.3 is 14.8 Å². The molecule has 1 amide bonds. The lowest BCUT2D eigenvalue weighted by molar-refractivity contribution is -0.118. The van der Waals surface area contributed by atoms with Gasteiger partial charge in [-0.1, -0.05) is 48.5 Å². The number of carbonyl (C=O) groups excluding carboxylic acids is 3. The highest BCUT2D eigenvalue weighted by atomic mass is 16.5. The lowest BCUT2D eigenvalue weighted by atomic mass is 10.0. The number of Topliss-reactive ketones (excluding diaryl/α,β-unsaturated/α-hetero) is 1. The van der Waals surface area contributed by atoms with Crippen molar-refractivity contribution in [2.24, 2.45) is 0 Å². The molecule has 1 aromatic heterocycles. The molecule has 0 radical (unpaired) electrons. The van der Waals surface area contributed by atoms with Crippen LogP contribution in [0.1, 0.15) is 20.7 Å². The molecule has 0 fully saturated rings. The number of rotatable bonds is 5. The summed E-state index contributed by atoms with van der Waals surface area (Å²) >= 11 is 0. The number of nitrogens with zero attached hydrogens (tertiary/aromatic N) is 1. The van der Waals surface area contributed by atoms with E-state index in [4.69, 9.17) is 9.47 Å². The second kappa shape index (κ2) is 8.55. The molecule has 0 saturated carbocycles. The Morgan fingerprint density at radius 3 is 2.61 bits per heavy atom. The first-order chi connectivity index (χ1) is 16.1. The number of hydrogen-bond donors (Lipinski definition) is 1. The van der Waals surface area contributed by atoms with E-state index < -0.39 is 18.4 Å². The van der Waals surface area contributed by atoms with Crippen LogP contribution in [-0.2, 0) is 9.53 Å². The number of para-hydroxylation sites is 1. The van der Waals surface area contributed by atoms with Crippen LogP contribution in [0.4, 0.5) is 5.69 Å². The number of benzene rings is 3. The fourth-order valence-corrected chi connectivity index (χ4v) is 3.65. The fourth-order valence-electron chi connectivity index (χ4n) is 3.65. The number of nitrogens with one attached hydrogen (secondary N) is 1. The van der Waals surface area contributed by atoms with Crippen LogP contribution >= 0.6 is 0 Å². The van der Waals surface area contributed by atoms with Crippen LogP contribution < -0.4 is 10.1 Å². The number of ether oxygens (including phenoxy) is 2. The number of aromatic nitrogens is 1. The van der Waals surface area contributed by atoms with E-state index in [1.165, 1.54) is 6.07 Å². The first-order valence-electron chi connectivity index (χ1n) is 10.3. The number of fused-ring (bicyclic) bond motifs is 2. The third-order valence-electron chi connectivity index (χ3n) is 5.27.